The molecule has 0 fully saturated rings. The van der Waals surface area contributed by atoms with Crippen LogP contribution in [0.5, 0.6) is 0 Å². The van der Waals surface area contributed by atoms with Gasteiger partial charge in [0.05, 0.1) is 6.61 Å². The fourth-order valence-corrected chi connectivity index (χ4v) is 1.25. The molecule has 0 radical (unpaired) electrons. The smallest absolute Gasteiger partial charge is 0.222 e. The van der Waals surface area contributed by atoms with Crippen molar-refractivity contribution in [2.45, 2.75) is 52.4 Å². The molecule has 1 N–H and O–H groups in total. The zero-order chi connectivity index (χ0) is 11.4. The third-order valence-corrected chi connectivity index (χ3v) is 2.19. The first kappa shape index (κ1) is 14.4. The number of rotatable bonds is 10. The van der Waals surface area contributed by atoms with Gasteiger partial charge in [-0.1, -0.05) is 33.1 Å². The minimum absolute atomic E-state index is 0.102. The second kappa shape index (κ2) is 11.5. The monoisotopic (exact) mass is 215 g/mol. The fourth-order valence-electron chi connectivity index (χ4n) is 1.25. The van der Waals surface area contributed by atoms with Crippen LogP contribution in [0.4, 0.5) is 0 Å². The Hall–Kier alpha value is -0.570. The zero-order valence-electron chi connectivity index (χ0n) is 10.2. The molecule has 0 aliphatic rings. The molecule has 0 aromatic heterocycles. The summed E-state index contributed by atoms with van der Waals surface area (Å²) in [7, 11) is 0. The zero-order valence-corrected chi connectivity index (χ0v) is 10.2. The van der Waals surface area contributed by atoms with Crippen LogP contribution < -0.4 is 5.32 Å². The van der Waals surface area contributed by atoms with E-state index in [4.69, 9.17) is 4.74 Å². The molecule has 0 saturated heterocycles. The van der Waals surface area contributed by atoms with Gasteiger partial charge in [-0.25, -0.2) is 0 Å². The number of unbranched alkanes of at least 4 members (excludes halogenated alkanes) is 3. The molecule has 3 nitrogen and oxygen atoms in total. The molecule has 0 aromatic carbocycles. The Morgan fingerprint density at radius 3 is 2.53 bits per heavy atom. The maximum absolute atomic E-state index is 11.1. The molecule has 3 heteroatoms. The van der Waals surface area contributed by atoms with Crippen LogP contribution in [0, 0.1) is 0 Å². The van der Waals surface area contributed by atoms with Crippen molar-refractivity contribution >= 4 is 5.91 Å². The van der Waals surface area contributed by atoms with E-state index in [9.17, 15) is 4.79 Å². The third-order valence-electron chi connectivity index (χ3n) is 2.19. The van der Waals surface area contributed by atoms with Gasteiger partial charge >= 0.3 is 0 Å². The van der Waals surface area contributed by atoms with Crippen molar-refractivity contribution in [1.29, 1.82) is 0 Å². The Morgan fingerprint density at radius 2 is 1.87 bits per heavy atom. The van der Waals surface area contributed by atoms with E-state index in [1.54, 1.807) is 0 Å². The van der Waals surface area contributed by atoms with Gasteiger partial charge in [0.2, 0.25) is 5.91 Å². The molecule has 0 saturated carbocycles. The first-order chi connectivity index (χ1) is 7.31. The van der Waals surface area contributed by atoms with Crippen molar-refractivity contribution in [2.75, 3.05) is 19.8 Å². The van der Waals surface area contributed by atoms with Crippen LogP contribution >= 0.6 is 0 Å². The van der Waals surface area contributed by atoms with E-state index in [0.29, 0.717) is 13.0 Å². The normalized spacial score (nSPS) is 10.3. The first-order valence-corrected chi connectivity index (χ1v) is 6.15. The van der Waals surface area contributed by atoms with Crippen molar-refractivity contribution in [3.8, 4) is 0 Å². The Labute approximate surface area is 93.6 Å². The summed E-state index contributed by atoms with van der Waals surface area (Å²) < 4.78 is 5.37. The lowest BCUT2D eigenvalue weighted by molar-refractivity contribution is -0.122. The van der Waals surface area contributed by atoms with Crippen LogP contribution in [-0.4, -0.2) is 25.7 Å². The lowest BCUT2D eigenvalue weighted by atomic mass is 10.2. The summed E-state index contributed by atoms with van der Waals surface area (Å²) in [6.45, 7) is 6.36. The summed E-state index contributed by atoms with van der Waals surface area (Å²) in [5.41, 5.74) is 0. The summed E-state index contributed by atoms with van der Waals surface area (Å²) in [6, 6.07) is 0. The minimum atomic E-state index is 0.102. The predicted octanol–water partition coefficient (Wildman–Crippen LogP) is 2.50. The summed E-state index contributed by atoms with van der Waals surface area (Å²) in [4.78, 5) is 11.1. The maximum Gasteiger partial charge on any atom is 0.222 e. The molecule has 90 valence electrons. The van der Waals surface area contributed by atoms with E-state index in [-0.39, 0.29) is 5.91 Å². The van der Waals surface area contributed by atoms with Crippen LogP contribution in [0.2, 0.25) is 0 Å². The summed E-state index contributed by atoms with van der Waals surface area (Å²) in [5, 5.41) is 2.82. The number of hydrogen-bond acceptors (Lipinski definition) is 2. The van der Waals surface area contributed by atoms with Gasteiger partial charge < -0.3 is 10.1 Å². The van der Waals surface area contributed by atoms with E-state index >= 15 is 0 Å². The predicted molar refractivity (Wildman–Crippen MR) is 62.9 cm³/mol. The van der Waals surface area contributed by atoms with Crippen LogP contribution in [0.25, 0.3) is 0 Å². The Kier molecular flexibility index (Phi) is 11.1. The van der Waals surface area contributed by atoms with Crippen molar-refractivity contribution in [3.63, 3.8) is 0 Å². The molecule has 15 heavy (non-hydrogen) atoms. The second-order valence-electron chi connectivity index (χ2n) is 3.77. The SMILES string of the molecule is CCCCCCOCCC(=O)NCCC. The Bertz CT molecular complexity index is 149. The largest absolute Gasteiger partial charge is 0.381 e. The van der Waals surface area contributed by atoms with E-state index < -0.39 is 0 Å². The van der Waals surface area contributed by atoms with Crippen molar-refractivity contribution in [3.05, 3.63) is 0 Å². The minimum Gasteiger partial charge on any atom is -0.381 e. The molecular weight excluding hydrogens is 190 g/mol. The highest BCUT2D eigenvalue weighted by atomic mass is 16.5. The highest BCUT2D eigenvalue weighted by Crippen LogP contribution is 1.98. The molecule has 0 aliphatic heterocycles. The van der Waals surface area contributed by atoms with Crippen molar-refractivity contribution in [1.82, 2.24) is 5.32 Å². The van der Waals surface area contributed by atoms with Crippen LogP contribution in [0.1, 0.15) is 52.4 Å². The fraction of sp³-hybridized carbons (Fsp3) is 0.917. The second-order valence-corrected chi connectivity index (χ2v) is 3.77. The van der Waals surface area contributed by atoms with E-state index in [1.165, 1.54) is 19.3 Å². The number of nitrogens with one attached hydrogen (secondary N) is 1. The Morgan fingerprint density at radius 1 is 1.07 bits per heavy atom. The topological polar surface area (TPSA) is 38.3 Å². The van der Waals surface area contributed by atoms with Crippen LogP contribution in [-0.2, 0) is 9.53 Å². The van der Waals surface area contributed by atoms with Gasteiger partial charge in [0.1, 0.15) is 0 Å². The summed E-state index contributed by atoms with van der Waals surface area (Å²) in [5.74, 6) is 0.102. The van der Waals surface area contributed by atoms with Gasteiger partial charge in [0, 0.05) is 19.6 Å². The summed E-state index contributed by atoms with van der Waals surface area (Å²) >= 11 is 0. The van der Waals surface area contributed by atoms with Crippen molar-refractivity contribution in [2.24, 2.45) is 0 Å². The van der Waals surface area contributed by atoms with Crippen molar-refractivity contribution < 1.29 is 9.53 Å². The van der Waals surface area contributed by atoms with Gasteiger partial charge in [0.15, 0.2) is 0 Å². The van der Waals surface area contributed by atoms with Gasteiger partial charge in [-0.15, -0.1) is 0 Å². The molecule has 0 aromatic rings. The highest BCUT2D eigenvalue weighted by Gasteiger charge is 1.98. The van der Waals surface area contributed by atoms with Crippen LogP contribution in [0.15, 0.2) is 0 Å². The van der Waals surface area contributed by atoms with E-state index in [2.05, 4.69) is 12.2 Å². The molecule has 0 rings (SSSR count). The molecule has 1 amide bonds. The molecule has 0 unspecified atom stereocenters. The highest BCUT2D eigenvalue weighted by molar-refractivity contribution is 5.75. The average Bonchev–Trinajstić information content (AvgIpc) is 2.25. The van der Waals surface area contributed by atoms with Gasteiger partial charge in [-0.3, -0.25) is 4.79 Å². The number of carbonyl (C=O) groups excluding carboxylic acids is 1. The Balaban J connectivity index is 3.06. The number of carbonyl (C=O) groups is 1. The molecule has 0 spiro atoms. The molecular formula is C12H25NO2. The standard InChI is InChI=1S/C12H25NO2/c1-3-5-6-7-10-15-11-8-12(14)13-9-4-2/h3-11H2,1-2H3,(H,13,14). The average molecular weight is 215 g/mol. The van der Waals surface area contributed by atoms with Gasteiger partial charge in [-0.05, 0) is 12.8 Å². The quantitative estimate of drug-likeness (QED) is 0.569. The molecule has 0 bridgehead atoms. The summed E-state index contributed by atoms with van der Waals surface area (Å²) in [6.07, 6.45) is 6.36. The first-order valence-electron chi connectivity index (χ1n) is 6.15. The number of amides is 1. The molecule has 0 atom stereocenters. The number of ether oxygens (including phenoxy) is 1. The molecule has 0 aliphatic carbocycles. The van der Waals surface area contributed by atoms with Crippen LogP contribution in [0.3, 0.4) is 0 Å². The lowest BCUT2D eigenvalue weighted by Gasteiger charge is -2.04. The van der Waals surface area contributed by atoms with Gasteiger partial charge in [0.25, 0.3) is 0 Å². The molecule has 0 heterocycles. The lowest BCUT2D eigenvalue weighted by Crippen LogP contribution is -2.25. The third kappa shape index (κ3) is 11.4. The van der Waals surface area contributed by atoms with E-state index in [0.717, 1.165) is 26.0 Å². The number of hydrogen-bond donors (Lipinski definition) is 1. The maximum atomic E-state index is 11.1. The van der Waals surface area contributed by atoms with Gasteiger partial charge in [-0.2, -0.15) is 0 Å². The van der Waals surface area contributed by atoms with E-state index in [1.807, 2.05) is 6.92 Å².